The summed E-state index contributed by atoms with van der Waals surface area (Å²) in [5.41, 5.74) is 0. The number of amides is 1. The van der Waals surface area contributed by atoms with Gasteiger partial charge in [-0.2, -0.15) is 0 Å². The Morgan fingerprint density at radius 3 is 2.82 bits per heavy atom. The van der Waals surface area contributed by atoms with Gasteiger partial charge in [-0.05, 0) is 19.8 Å². The molecule has 65 valence electrons. The molecular weight excluding hydrogens is 142 g/mol. The lowest BCUT2D eigenvalue weighted by Gasteiger charge is -2.11. The van der Waals surface area contributed by atoms with Crippen molar-refractivity contribution in [2.24, 2.45) is 0 Å². The van der Waals surface area contributed by atoms with Gasteiger partial charge in [0.15, 0.2) is 0 Å². The number of carbonyl (C=O) groups is 1. The van der Waals surface area contributed by atoms with Crippen molar-refractivity contribution in [3.63, 3.8) is 0 Å². The quantitative estimate of drug-likeness (QED) is 0.676. The first kappa shape index (κ1) is 10.3. The summed E-state index contributed by atoms with van der Waals surface area (Å²) in [5, 5.41) is 2.40. The molecule has 1 radical (unpaired) electrons. The van der Waals surface area contributed by atoms with Crippen molar-refractivity contribution in [3.05, 3.63) is 6.92 Å². The molecule has 0 bridgehead atoms. The van der Waals surface area contributed by atoms with E-state index in [4.69, 9.17) is 4.74 Å². The van der Waals surface area contributed by atoms with Crippen molar-refractivity contribution < 1.29 is 9.53 Å². The molecule has 0 saturated heterocycles. The van der Waals surface area contributed by atoms with Crippen molar-refractivity contribution in [2.45, 2.75) is 32.3 Å². The Balaban J connectivity index is 3.35. The Kier molecular flexibility index (Phi) is 5.61. The van der Waals surface area contributed by atoms with Gasteiger partial charge in [-0.1, -0.05) is 13.3 Å². The molecule has 0 aromatic heterocycles. The Hall–Kier alpha value is -0.730. The number of carbonyl (C=O) groups excluding carboxylic acids is 1. The van der Waals surface area contributed by atoms with E-state index in [0.717, 1.165) is 19.3 Å². The molecule has 0 saturated carbocycles. The van der Waals surface area contributed by atoms with Gasteiger partial charge >= 0.3 is 6.09 Å². The summed E-state index contributed by atoms with van der Waals surface area (Å²) in [7, 11) is 1.55. The summed E-state index contributed by atoms with van der Waals surface area (Å²) in [5.74, 6) is 0. The molecule has 0 aliphatic heterocycles. The molecule has 1 N–H and O–H groups in total. The van der Waals surface area contributed by atoms with Gasteiger partial charge in [0.25, 0.3) is 0 Å². The fourth-order valence-corrected chi connectivity index (χ4v) is 0.732. The predicted molar refractivity (Wildman–Crippen MR) is 44.2 cm³/mol. The second kappa shape index (κ2) is 6.01. The molecule has 0 aromatic carbocycles. The molecule has 3 nitrogen and oxygen atoms in total. The Morgan fingerprint density at radius 1 is 1.73 bits per heavy atom. The molecule has 0 fully saturated rings. The molecule has 0 spiro atoms. The largest absolute Gasteiger partial charge is 0.447 e. The van der Waals surface area contributed by atoms with E-state index in [9.17, 15) is 4.79 Å². The zero-order valence-corrected chi connectivity index (χ0v) is 7.22. The van der Waals surface area contributed by atoms with Crippen LogP contribution < -0.4 is 5.32 Å². The maximum atomic E-state index is 10.6. The van der Waals surface area contributed by atoms with Crippen LogP contribution >= 0.6 is 0 Å². The topological polar surface area (TPSA) is 38.3 Å². The van der Waals surface area contributed by atoms with E-state index in [-0.39, 0.29) is 12.2 Å². The predicted octanol–water partition coefficient (Wildman–Crippen LogP) is 1.74. The van der Waals surface area contributed by atoms with Crippen molar-refractivity contribution >= 4 is 6.09 Å². The van der Waals surface area contributed by atoms with Crippen LogP contribution in [0, 0.1) is 6.92 Å². The van der Waals surface area contributed by atoms with Gasteiger partial charge in [0.05, 0.1) is 0 Å². The van der Waals surface area contributed by atoms with Gasteiger partial charge in [0.1, 0.15) is 6.10 Å². The monoisotopic (exact) mass is 158 g/mol. The Labute approximate surface area is 68.1 Å². The third kappa shape index (κ3) is 5.70. The van der Waals surface area contributed by atoms with E-state index >= 15 is 0 Å². The van der Waals surface area contributed by atoms with E-state index in [0.29, 0.717) is 0 Å². The average Bonchev–Trinajstić information content (AvgIpc) is 2.00. The van der Waals surface area contributed by atoms with Crippen LogP contribution in [0.2, 0.25) is 0 Å². The molecule has 1 unspecified atom stereocenters. The highest BCUT2D eigenvalue weighted by atomic mass is 16.6. The fraction of sp³-hybridized carbons (Fsp3) is 0.750. The van der Waals surface area contributed by atoms with E-state index in [2.05, 4.69) is 12.2 Å². The normalized spacial score (nSPS) is 12.3. The number of hydrogen-bond donors (Lipinski definition) is 1. The summed E-state index contributed by atoms with van der Waals surface area (Å²) >= 11 is 0. The van der Waals surface area contributed by atoms with Crippen molar-refractivity contribution in [1.29, 1.82) is 0 Å². The highest BCUT2D eigenvalue weighted by Crippen LogP contribution is 2.03. The second-order valence-electron chi connectivity index (χ2n) is 2.46. The van der Waals surface area contributed by atoms with Crippen molar-refractivity contribution in [1.82, 2.24) is 5.32 Å². The molecule has 11 heavy (non-hydrogen) atoms. The zero-order chi connectivity index (χ0) is 8.69. The Morgan fingerprint density at radius 2 is 2.36 bits per heavy atom. The van der Waals surface area contributed by atoms with Gasteiger partial charge in [0, 0.05) is 7.05 Å². The van der Waals surface area contributed by atoms with Crippen LogP contribution in [0.3, 0.4) is 0 Å². The van der Waals surface area contributed by atoms with Crippen LogP contribution in [0.15, 0.2) is 0 Å². The van der Waals surface area contributed by atoms with E-state index in [1.54, 1.807) is 7.05 Å². The highest BCUT2D eigenvalue weighted by Gasteiger charge is 2.05. The van der Waals surface area contributed by atoms with Crippen LogP contribution in [-0.2, 0) is 4.74 Å². The van der Waals surface area contributed by atoms with Crippen LogP contribution in [0.4, 0.5) is 4.79 Å². The summed E-state index contributed by atoms with van der Waals surface area (Å²) < 4.78 is 4.92. The van der Waals surface area contributed by atoms with Crippen LogP contribution in [0.5, 0.6) is 0 Å². The van der Waals surface area contributed by atoms with E-state index < -0.39 is 0 Å². The zero-order valence-electron chi connectivity index (χ0n) is 7.22. The smallest absolute Gasteiger partial charge is 0.407 e. The number of ether oxygens (including phenoxy) is 1. The molecule has 1 amide bonds. The number of alkyl carbamates (subject to hydrolysis) is 1. The lowest BCUT2D eigenvalue weighted by molar-refractivity contribution is 0.103. The molecule has 0 heterocycles. The number of hydrogen-bond acceptors (Lipinski definition) is 2. The maximum absolute atomic E-state index is 10.6. The standard InChI is InChI=1S/C8H16NO2/c1-4-5-6-7(2)11-8(10)9-3/h7H,1,4-6H2,2-3H3,(H,9,10). The van der Waals surface area contributed by atoms with Gasteiger partial charge in [-0.15, -0.1) is 0 Å². The third-order valence-electron chi connectivity index (χ3n) is 1.37. The molecule has 0 aliphatic rings. The summed E-state index contributed by atoms with van der Waals surface area (Å²) in [6.45, 7) is 5.58. The van der Waals surface area contributed by atoms with E-state index in [1.165, 1.54) is 0 Å². The Bertz CT molecular complexity index is 115. The first-order valence-corrected chi connectivity index (χ1v) is 3.88. The first-order valence-electron chi connectivity index (χ1n) is 3.88. The summed E-state index contributed by atoms with van der Waals surface area (Å²) in [6.07, 6.45) is 2.41. The molecule has 0 rings (SSSR count). The molecule has 0 aromatic rings. The number of nitrogens with one attached hydrogen (secondary N) is 1. The minimum absolute atomic E-state index is 0.00306. The minimum Gasteiger partial charge on any atom is -0.447 e. The number of rotatable bonds is 4. The molecule has 3 heteroatoms. The minimum atomic E-state index is -0.360. The lowest BCUT2D eigenvalue weighted by Crippen LogP contribution is -2.24. The molecule has 0 aliphatic carbocycles. The van der Waals surface area contributed by atoms with Gasteiger partial charge in [-0.25, -0.2) is 4.79 Å². The first-order chi connectivity index (χ1) is 5.20. The second-order valence-corrected chi connectivity index (χ2v) is 2.46. The van der Waals surface area contributed by atoms with Gasteiger partial charge in [-0.3, -0.25) is 0 Å². The summed E-state index contributed by atoms with van der Waals surface area (Å²) in [4.78, 5) is 10.6. The molecular formula is C8H16NO2. The van der Waals surface area contributed by atoms with Gasteiger partial charge < -0.3 is 10.1 Å². The molecule has 1 atom stereocenters. The van der Waals surface area contributed by atoms with E-state index in [1.807, 2.05) is 6.92 Å². The number of unbranched alkanes of at least 4 members (excludes halogenated alkanes) is 1. The third-order valence-corrected chi connectivity index (χ3v) is 1.37. The fourth-order valence-electron chi connectivity index (χ4n) is 0.732. The lowest BCUT2D eigenvalue weighted by atomic mass is 10.2. The summed E-state index contributed by atoms with van der Waals surface area (Å²) in [6, 6.07) is 0. The van der Waals surface area contributed by atoms with Crippen molar-refractivity contribution in [3.8, 4) is 0 Å². The average molecular weight is 158 g/mol. The van der Waals surface area contributed by atoms with Crippen LogP contribution in [0.1, 0.15) is 26.2 Å². The highest BCUT2D eigenvalue weighted by molar-refractivity contribution is 5.66. The van der Waals surface area contributed by atoms with Crippen LogP contribution in [0.25, 0.3) is 0 Å². The van der Waals surface area contributed by atoms with Crippen molar-refractivity contribution in [2.75, 3.05) is 7.05 Å². The maximum Gasteiger partial charge on any atom is 0.407 e. The SMILES string of the molecule is [CH2]CCCC(C)OC(=O)NC. The van der Waals surface area contributed by atoms with Gasteiger partial charge in [0.2, 0.25) is 0 Å². The van der Waals surface area contributed by atoms with Crippen LogP contribution in [-0.4, -0.2) is 19.2 Å².